The summed E-state index contributed by atoms with van der Waals surface area (Å²) >= 11 is 0. The molecule has 1 saturated heterocycles. The zero-order valence-corrected chi connectivity index (χ0v) is 20.2. The molecule has 0 saturated carbocycles. The molecule has 1 nitrogen and oxygen atoms in total. The maximum absolute atomic E-state index is 2.60. The third-order valence-electron chi connectivity index (χ3n) is 6.89. The fourth-order valence-corrected chi connectivity index (χ4v) is 9.41. The van der Waals surface area contributed by atoms with Crippen molar-refractivity contribution >= 4 is 23.2 Å². The van der Waals surface area contributed by atoms with Crippen LogP contribution in [0.2, 0.25) is 0 Å². The van der Waals surface area contributed by atoms with Crippen LogP contribution in [0.25, 0.3) is 0 Å². The molecule has 4 aromatic rings. The minimum atomic E-state index is -1.84. The van der Waals surface area contributed by atoms with Crippen molar-refractivity contribution in [3.05, 3.63) is 126 Å². The number of hydrogen-bond acceptors (Lipinski definition) is 1. The molecule has 33 heavy (non-hydrogen) atoms. The lowest BCUT2D eigenvalue weighted by atomic mass is 10.1. The van der Waals surface area contributed by atoms with Gasteiger partial charge >= 0.3 is 0 Å². The first kappa shape index (κ1) is 22.1. The maximum atomic E-state index is 2.60. The first-order valence-electron chi connectivity index (χ1n) is 12.2. The van der Waals surface area contributed by atoms with Crippen LogP contribution in [0.1, 0.15) is 30.4 Å². The molecule has 4 aromatic carbocycles. The largest absolute Gasteiger partial charge is 0.299 e. The average Bonchev–Trinajstić information content (AvgIpc) is 2.90. The molecule has 1 fully saturated rings. The van der Waals surface area contributed by atoms with Crippen LogP contribution in [0.15, 0.2) is 115 Å². The van der Waals surface area contributed by atoms with Crippen LogP contribution in [0.3, 0.4) is 0 Å². The minimum Gasteiger partial charge on any atom is -0.299 e. The highest BCUT2D eigenvalue weighted by atomic mass is 31.2. The molecular formula is C31H33NP+. The van der Waals surface area contributed by atoms with E-state index >= 15 is 0 Å². The molecule has 0 aliphatic carbocycles. The minimum absolute atomic E-state index is 1.04. The summed E-state index contributed by atoms with van der Waals surface area (Å²) < 4.78 is 0. The van der Waals surface area contributed by atoms with Gasteiger partial charge in [0.15, 0.2) is 0 Å². The van der Waals surface area contributed by atoms with Crippen molar-refractivity contribution in [3.63, 3.8) is 0 Å². The fraction of sp³-hybridized carbons (Fsp3) is 0.226. The smallest absolute Gasteiger partial charge is 0.116 e. The Bertz CT molecular complexity index is 1020. The first-order valence-corrected chi connectivity index (χ1v) is 14.2. The Balaban J connectivity index is 1.54. The summed E-state index contributed by atoms with van der Waals surface area (Å²) in [6.45, 7) is 3.56. The summed E-state index contributed by atoms with van der Waals surface area (Å²) in [7, 11) is -1.84. The van der Waals surface area contributed by atoms with E-state index in [9.17, 15) is 0 Å². The van der Waals surface area contributed by atoms with Gasteiger partial charge in [-0.25, -0.2) is 0 Å². The lowest BCUT2D eigenvalue weighted by Gasteiger charge is -2.28. The topological polar surface area (TPSA) is 3.24 Å². The van der Waals surface area contributed by atoms with Crippen molar-refractivity contribution in [1.82, 2.24) is 4.90 Å². The zero-order valence-electron chi connectivity index (χ0n) is 19.3. The summed E-state index contributed by atoms with van der Waals surface area (Å²) in [6, 6.07) is 43.0. The molecule has 5 rings (SSSR count). The molecule has 0 unspecified atom stereocenters. The van der Waals surface area contributed by atoms with E-state index < -0.39 is 7.26 Å². The van der Waals surface area contributed by atoms with E-state index in [1.54, 1.807) is 0 Å². The van der Waals surface area contributed by atoms with Crippen LogP contribution in [0.4, 0.5) is 0 Å². The van der Waals surface area contributed by atoms with Gasteiger partial charge in [-0.05, 0) is 73.5 Å². The first-order chi connectivity index (χ1) is 16.3. The van der Waals surface area contributed by atoms with Crippen molar-refractivity contribution in [1.29, 1.82) is 0 Å². The van der Waals surface area contributed by atoms with E-state index in [0.717, 1.165) is 12.7 Å². The van der Waals surface area contributed by atoms with Crippen LogP contribution >= 0.6 is 7.26 Å². The normalized spacial score (nSPS) is 14.8. The molecule has 0 N–H and O–H groups in total. The molecule has 0 amide bonds. The predicted octanol–water partition coefficient (Wildman–Crippen LogP) is 6.17. The van der Waals surface area contributed by atoms with E-state index in [1.807, 2.05) is 0 Å². The Morgan fingerprint density at radius 2 is 0.909 bits per heavy atom. The van der Waals surface area contributed by atoms with Gasteiger partial charge in [-0.15, -0.1) is 0 Å². The molecule has 0 aromatic heterocycles. The summed E-state index contributed by atoms with van der Waals surface area (Å²) in [5.41, 5.74) is 2.85. The summed E-state index contributed by atoms with van der Waals surface area (Å²) in [5, 5.41) is 4.33. The van der Waals surface area contributed by atoms with E-state index in [-0.39, 0.29) is 0 Å². The Kier molecular flexibility index (Phi) is 7.01. The zero-order chi connectivity index (χ0) is 22.3. The lowest BCUT2D eigenvalue weighted by molar-refractivity contribution is 0.221. The second-order valence-corrected chi connectivity index (χ2v) is 12.6. The number of nitrogens with zero attached hydrogens (tertiary/aromatic N) is 1. The predicted molar refractivity (Wildman–Crippen MR) is 144 cm³/mol. The van der Waals surface area contributed by atoms with Gasteiger partial charge < -0.3 is 0 Å². The van der Waals surface area contributed by atoms with Crippen LogP contribution in [0, 0.1) is 0 Å². The monoisotopic (exact) mass is 450 g/mol. The average molecular weight is 451 g/mol. The van der Waals surface area contributed by atoms with Gasteiger partial charge in [-0.3, -0.25) is 4.90 Å². The molecule has 166 valence electrons. The van der Waals surface area contributed by atoms with Crippen LogP contribution in [-0.2, 0) is 12.7 Å². The Morgan fingerprint density at radius 3 is 1.36 bits per heavy atom. The standard InChI is InChI=1S/C31H33NP/c1-5-13-29(14-6-1)33(30-15-7-2-8-16-30,31-17-9-3-10-18-31)26-28-21-19-27(20-22-28)25-32-23-11-4-12-24-32/h1-3,5-10,13-22H,4,11-12,23-26H2/q+1. The Morgan fingerprint density at radius 1 is 0.485 bits per heavy atom. The van der Waals surface area contributed by atoms with Crippen molar-refractivity contribution < 1.29 is 0 Å². The second kappa shape index (κ2) is 10.5. The Hall–Kier alpha value is -2.73. The van der Waals surface area contributed by atoms with Gasteiger partial charge in [0.2, 0.25) is 0 Å². The van der Waals surface area contributed by atoms with Crippen molar-refractivity contribution in [2.75, 3.05) is 13.1 Å². The van der Waals surface area contributed by atoms with Gasteiger partial charge in [0.1, 0.15) is 23.2 Å². The third kappa shape index (κ3) is 4.96. The van der Waals surface area contributed by atoms with E-state index in [1.165, 1.54) is 59.4 Å². The van der Waals surface area contributed by atoms with E-state index in [2.05, 4.69) is 120 Å². The van der Waals surface area contributed by atoms with Gasteiger partial charge in [0, 0.05) is 6.54 Å². The number of hydrogen-bond donors (Lipinski definition) is 0. The molecule has 0 bridgehead atoms. The number of likely N-dealkylation sites (tertiary alicyclic amines) is 1. The Labute approximate surface area is 199 Å². The van der Waals surface area contributed by atoms with Crippen LogP contribution in [-0.4, -0.2) is 18.0 Å². The molecule has 1 aliphatic rings. The highest BCUT2D eigenvalue weighted by Gasteiger charge is 2.45. The van der Waals surface area contributed by atoms with Crippen LogP contribution < -0.4 is 15.9 Å². The van der Waals surface area contributed by atoms with E-state index in [4.69, 9.17) is 0 Å². The van der Waals surface area contributed by atoms with Crippen LogP contribution in [0.5, 0.6) is 0 Å². The third-order valence-corrected chi connectivity index (χ3v) is 11.3. The fourth-order valence-electron chi connectivity index (χ4n) is 5.17. The number of benzene rings is 4. The quantitative estimate of drug-likeness (QED) is 0.305. The lowest BCUT2D eigenvalue weighted by Crippen LogP contribution is -2.32. The molecule has 2 heteroatoms. The maximum Gasteiger partial charge on any atom is 0.116 e. The highest BCUT2D eigenvalue weighted by molar-refractivity contribution is 7.95. The SMILES string of the molecule is c1ccc([P+](Cc2ccc(CN3CCCCC3)cc2)(c2ccccc2)c2ccccc2)cc1. The molecule has 1 aliphatic heterocycles. The van der Waals surface area contributed by atoms with Gasteiger partial charge in [-0.1, -0.05) is 85.3 Å². The molecular weight excluding hydrogens is 417 g/mol. The van der Waals surface area contributed by atoms with E-state index in [0.29, 0.717) is 0 Å². The van der Waals surface area contributed by atoms with Gasteiger partial charge in [-0.2, -0.15) is 0 Å². The second-order valence-electron chi connectivity index (χ2n) is 9.13. The van der Waals surface area contributed by atoms with Crippen molar-refractivity contribution in [2.24, 2.45) is 0 Å². The van der Waals surface area contributed by atoms with Gasteiger partial charge in [0.05, 0.1) is 6.16 Å². The van der Waals surface area contributed by atoms with Gasteiger partial charge in [0.25, 0.3) is 0 Å². The summed E-state index contributed by atoms with van der Waals surface area (Å²) in [5.74, 6) is 0. The number of rotatable bonds is 7. The summed E-state index contributed by atoms with van der Waals surface area (Å²) in [4.78, 5) is 2.60. The number of piperidine rings is 1. The molecule has 1 heterocycles. The molecule has 0 spiro atoms. The highest BCUT2D eigenvalue weighted by Crippen LogP contribution is 2.58. The van der Waals surface area contributed by atoms with Crippen molar-refractivity contribution in [2.45, 2.75) is 32.0 Å². The molecule has 0 atom stereocenters. The molecule has 0 radical (unpaired) electrons. The summed E-state index contributed by atoms with van der Waals surface area (Å²) in [6.07, 6.45) is 5.11. The van der Waals surface area contributed by atoms with Crippen molar-refractivity contribution in [3.8, 4) is 0 Å².